The summed E-state index contributed by atoms with van der Waals surface area (Å²) in [5.74, 6) is 0.427. The van der Waals surface area contributed by atoms with Crippen LogP contribution in [0.3, 0.4) is 0 Å². The second kappa shape index (κ2) is 5.51. The second-order valence-electron chi connectivity index (χ2n) is 2.63. The van der Waals surface area contributed by atoms with Crippen molar-refractivity contribution in [1.82, 2.24) is 5.48 Å². The van der Waals surface area contributed by atoms with Gasteiger partial charge in [0.1, 0.15) is 5.75 Å². The van der Waals surface area contributed by atoms with E-state index < -0.39 is 5.91 Å². The Morgan fingerprint density at radius 3 is 2.57 bits per heavy atom. The molecular formula is C9H11NO3S. The number of nitrogens with one attached hydrogen (secondary N) is 1. The first kappa shape index (κ1) is 10.9. The molecule has 0 radical (unpaired) electrons. The largest absolute Gasteiger partial charge is 0.508 e. The molecule has 76 valence electrons. The Morgan fingerprint density at radius 2 is 2.00 bits per heavy atom. The monoisotopic (exact) mass is 213 g/mol. The van der Waals surface area contributed by atoms with Crippen molar-refractivity contribution in [3.63, 3.8) is 0 Å². The summed E-state index contributed by atoms with van der Waals surface area (Å²) in [6.45, 7) is 0. The summed E-state index contributed by atoms with van der Waals surface area (Å²) in [5, 5.41) is 17.2. The van der Waals surface area contributed by atoms with Crippen LogP contribution in [0, 0.1) is 0 Å². The Labute approximate surface area is 85.9 Å². The minimum absolute atomic E-state index is 0.224. The number of hydrogen-bond donors (Lipinski definition) is 3. The number of phenolic OH excluding ortho intramolecular Hbond substituents is 1. The van der Waals surface area contributed by atoms with Crippen molar-refractivity contribution >= 4 is 17.7 Å². The van der Waals surface area contributed by atoms with E-state index >= 15 is 0 Å². The lowest BCUT2D eigenvalue weighted by Crippen LogP contribution is -2.18. The number of hydrogen-bond acceptors (Lipinski definition) is 4. The minimum Gasteiger partial charge on any atom is -0.508 e. The molecule has 0 fully saturated rings. The third-order valence-electron chi connectivity index (χ3n) is 1.56. The number of carbonyl (C=O) groups excluding carboxylic acids is 1. The third-order valence-corrected chi connectivity index (χ3v) is 2.57. The summed E-state index contributed by atoms with van der Waals surface area (Å²) in [4.78, 5) is 11.6. The Balaban J connectivity index is 2.31. The van der Waals surface area contributed by atoms with Crippen LogP contribution in [0.25, 0.3) is 0 Å². The standard InChI is InChI=1S/C9H11NO3S/c11-7-1-3-8(4-2-7)14-6-5-9(12)10-13/h1-4,11,13H,5-6H2,(H,10,12). The number of hydroxylamine groups is 1. The normalized spacial score (nSPS) is 9.79. The van der Waals surface area contributed by atoms with E-state index in [0.29, 0.717) is 5.75 Å². The van der Waals surface area contributed by atoms with Gasteiger partial charge >= 0.3 is 0 Å². The van der Waals surface area contributed by atoms with Gasteiger partial charge in [-0.2, -0.15) is 0 Å². The van der Waals surface area contributed by atoms with Gasteiger partial charge in [0.05, 0.1) is 0 Å². The van der Waals surface area contributed by atoms with Gasteiger partial charge in [-0.15, -0.1) is 11.8 Å². The topological polar surface area (TPSA) is 69.6 Å². The van der Waals surface area contributed by atoms with Crippen LogP contribution in [0.1, 0.15) is 6.42 Å². The fourth-order valence-corrected chi connectivity index (χ4v) is 1.71. The molecule has 0 spiro atoms. The van der Waals surface area contributed by atoms with Gasteiger partial charge in [0, 0.05) is 17.1 Å². The zero-order valence-corrected chi connectivity index (χ0v) is 8.25. The molecule has 1 rings (SSSR count). The molecule has 0 aliphatic carbocycles. The van der Waals surface area contributed by atoms with Crippen molar-refractivity contribution in [3.8, 4) is 5.75 Å². The average Bonchev–Trinajstić information content (AvgIpc) is 2.21. The number of benzene rings is 1. The van der Waals surface area contributed by atoms with Crippen LogP contribution in [0.15, 0.2) is 29.2 Å². The molecule has 4 nitrogen and oxygen atoms in total. The second-order valence-corrected chi connectivity index (χ2v) is 3.80. The van der Waals surface area contributed by atoms with Gasteiger partial charge in [0.25, 0.3) is 0 Å². The van der Waals surface area contributed by atoms with Crippen LogP contribution in [-0.4, -0.2) is 22.0 Å². The first-order chi connectivity index (χ1) is 6.72. The minimum atomic E-state index is -0.392. The molecule has 0 aromatic heterocycles. The predicted molar refractivity (Wildman–Crippen MR) is 53.4 cm³/mol. The Kier molecular flexibility index (Phi) is 4.28. The summed E-state index contributed by atoms with van der Waals surface area (Å²) in [6, 6.07) is 6.73. The maximum Gasteiger partial charge on any atom is 0.244 e. The molecule has 3 N–H and O–H groups in total. The van der Waals surface area contributed by atoms with Gasteiger partial charge in [-0.1, -0.05) is 0 Å². The molecule has 0 bridgehead atoms. The van der Waals surface area contributed by atoms with Crippen molar-refractivity contribution in [2.24, 2.45) is 0 Å². The van der Waals surface area contributed by atoms with Gasteiger partial charge in [-0.25, -0.2) is 5.48 Å². The maximum atomic E-state index is 10.6. The van der Waals surface area contributed by atoms with Crippen LogP contribution < -0.4 is 5.48 Å². The third kappa shape index (κ3) is 3.68. The molecule has 1 aromatic carbocycles. The molecule has 0 heterocycles. The van der Waals surface area contributed by atoms with E-state index in [0.717, 1.165) is 4.90 Å². The van der Waals surface area contributed by atoms with E-state index in [1.807, 2.05) is 0 Å². The van der Waals surface area contributed by atoms with Crippen molar-refractivity contribution in [2.45, 2.75) is 11.3 Å². The molecule has 0 unspecified atom stereocenters. The summed E-state index contributed by atoms with van der Waals surface area (Å²) in [6.07, 6.45) is 0.266. The Hall–Kier alpha value is -1.20. The number of carbonyl (C=O) groups is 1. The Bertz CT molecular complexity index is 299. The maximum absolute atomic E-state index is 10.6. The van der Waals surface area contributed by atoms with E-state index in [4.69, 9.17) is 10.3 Å². The SMILES string of the molecule is O=C(CCSc1ccc(O)cc1)NO. The smallest absolute Gasteiger partial charge is 0.244 e. The van der Waals surface area contributed by atoms with E-state index in [9.17, 15) is 4.79 Å². The van der Waals surface area contributed by atoms with Gasteiger partial charge < -0.3 is 5.11 Å². The van der Waals surface area contributed by atoms with Crippen molar-refractivity contribution in [3.05, 3.63) is 24.3 Å². The quantitative estimate of drug-likeness (QED) is 0.401. The molecule has 0 aliphatic heterocycles. The molecule has 5 heteroatoms. The van der Waals surface area contributed by atoms with E-state index in [2.05, 4.69) is 0 Å². The highest BCUT2D eigenvalue weighted by molar-refractivity contribution is 7.99. The number of phenols is 1. The average molecular weight is 213 g/mol. The highest BCUT2D eigenvalue weighted by atomic mass is 32.2. The highest BCUT2D eigenvalue weighted by Crippen LogP contribution is 2.20. The molecule has 0 atom stereocenters. The van der Waals surface area contributed by atoms with Crippen LogP contribution in [-0.2, 0) is 4.79 Å². The number of aromatic hydroxyl groups is 1. The summed E-state index contributed by atoms with van der Waals surface area (Å²) in [7, 11) is 0. The first-order valence-electron chi connectivity index (χ1n) is 4.07. The van der Waals surface area contributed by atoms with E-state index in [1.165, 1.54) is 11.8 Å². The van der Waals surface area contributed by atoms with Gasteiger partial charge in [0.2, 0.25) is 5.91 Å². The molecule has 1 amide bonds. The zero-order valence-electron chi connectivity index (χ0n) is 7.43. The van der Waals surface area contributed by atoms with Crippen LogP contribution >= 0.6 is 11.8 Å². The van der Waals surface area contributed by atoms with Gasteiger partial charge in [-0.3, -0.25) is 10.0 Å². The summed E-state index contributed by atoms with van der Waals surface area (Å²) < 4.78 is 0. The molecular weight excluding hydrogens is 202 g/mol. The number of rotatable bonds is 4. The highest BCUT2D eigenvalue weighted by Gasteiger charge is 1.99. The van der Waals surface area contributed by atoms with Crippen LogP contribution in [0.2, 0.25) is 0 Å². The number of thioether (sulfide) groups is 1. The molecule has 1 aromatic rings. The lowest BCUT2D eigenvalue weighted by molar-refractivity contribution is -0.128. The van der Waals surface area contributed by atoms with Gasteiger partial charge in [-0.05, 0) is 24.3 Å². The molecule has 0 aliphatic rings. The summed E-state index contributed by atoms with van der Waals surface area (Å²) in [5.41, 5.74) is 1.57. The van der Waals surface area contributed by atoms with Crippen molar-refractivity contribution in [2.75, 3.05) is 5.75 Å². The number of amides is 1. The predicted octanol–water partition coefficient (Wildman–Crippen LogP) is 1.38. The fourth-order valence-electron chi connectivity index (χ4n) is 0.860. The molecule has 0 saturated carbocycles. The van der Waals surface area contributed by atoms with Crippen LogP contribution in [0.4, 0.5) is 0 Å². The van der Waals surface area contributed by atoms with Crippen LogP contribution in [0.5, 0.6) is 5.75 Å². The lowest BCUT2D eigenvalue weighted by atomic mass is 10.3. The summed E-state index contributed by atoms with van der Waals surface area (Å²) >= 11 is 1.49. The fraction of sp³-hybridized carbons (Fsp3) is 0.222. The molecule has 0 saturated heterocycles. The van der Waals surface area contributed by atoms with Crippen molar-refractivity contribution < 1.29 is 15.1 Å². The first-order valence-corrected chi connectivity index (χ1v) is 5.05. The lowest BCUT2D eigenvalue weighted by Gasteiger charge is -2.00. The zero-order chi connectivity index (χ0) is 10.4. The Morgan fingerprint density at radius 1 is 1.36 bits per heavy atom. The van der Waals surface area contributed by atoms with Gasteiger partial charge in [0.15, 0.2) is 0 Å². The molecule has 14 heavy (non-hydrogen) atoms. The van der Waals surface area contributed by atoms with E-state index in [1.54, 1.807) is 29.7 Å². The van der Waals surface area contributed by atoms with Crippen molar-refractivity contribution in [1.29, 1.82) is 0 Å². The van der Waals surface area contributed by atoms with E-state index in [-0.39, 0.29) is 12.2 Å².